The van der Waals surface area contributed by atoms with Crippen LogP contribution in [-0.4, -0.2) is 23.4 Å². The van der Waals surface area contributed by atoms with Crippen LogP contribution in [-0.2, 0) is 10.2 Å². The van der Waals surface area contributed by atoms with Gasteiger partial charge in [0.05, 0.1) is 11.5 Å². The molecule has 2 rings (SSSR count). The smallest absolute Gasteiger partial charge is 0.233 e. The molecule has 0 unspecified atom stereocenters. The molecule has 0 saturated heterocycles. The summed E-state index contributed by atoms with van der Waals surface area (Å²) in [6, 6.07) is 12.2. The van der Waals surface area contributed by atoms with E-state index in [4.69, 9.17) is 5.26 Å². The topological polar surface area (TPSA) is 44.1 Å². The van der Waals surface area contributed by atoms with Gasteiger partial charge in [0.1, 0.15) is 6.54 Å². The highest BCUT2D eigenvalue weighted by Gasteiger charge is 2.37. The highest BCUT2D eigenvalue weighted by atomic mass is 16.2. The third-order valence-corrected chi connectivity index (χ3v) is 4.30. The molecule has 0 spiro atoms. The lowest BCUT2D eigenvalue weighted by Crippen LogP contribution is -2.48. The normalized spacial score (nSPS) is 15.8. The first-order chi connectivity index (χ1) is 9.57. The standard InChI is InChI=1S/C17H22N2O/c1-17(2,14-8-4-3-5-9-14)16(20)19(13-12-18)15-10-6-7-11-15/h3-5,8-9,15H,6-7,10-11,13H2,1-2H3. The van der Waals surface area contributed by atoms with E-state index in [1.807, 2.05) is 44.2 Å². The van der Waals surface area contributed by atoms with Crippen molar-refractivity contribution in [2.75, 3.05) is 6.54 Å². The molecule has 3 heteroatoms. The van der Waals surface area contributed by atoms with Crippen molar-refractivity contribution in [3.05, 3.63) is 35.9 Å². The van der Waals surface area contributed by atoms with Crippen LogP contribution in [0.4, 0.5) is 0 Å². The van der Waals surface area contributed by atoms with Gasteiger partial charge >= 0.3 is 0 Å². The van der Waals surface area contributed by atoms with Gasteiger partial charge in [0.2, 0.25) is 5.91 Å². The highest BCUT2D eigenvalue weighted by Crippen LogP contribution is 2.30. The summed E-state index contributed by atoms with van der Waals surface area (Å²) >= 11 is 0. The SMILES string of the molecule is CC(C)(C(=O)N(CC#N)C1CCCC1)c1ccccc1. The fourth-order valence-corrected chi connectivity index (χ4v) is 3.00. The molecule has 1 aliphatic carbocycles. The van der Waals surface area contributed by atoms with Crippen LogP contribution in [0.1, 0.15) is 45.1 Å². The Balaban J connectivity index is 2.24. The summed E-state index contributed by atoms with van der Waals surface area (Å²) in [5.74, 6) is 0.0668. The molecule has 0 aliphatic heterocycles. The van der Waals surface area contributed by atoms with E-state index in [1.165, 1.54) is 0 Å². The maximum absolute atomic E-state index is 12.9. The summed E-state index contributed by atoms with van der Waals surface area (Å²) in [5, 5.41) is 9.04. The molecule has 0 radical (unpaired) electrons. The van der Waals surface area contributed by atoms with Gasteiger partial charge in [-0.15, -0.1) is 0 Å². The van der Waals surface area contributed by atoms with Crippen molar-refractivity contribution in [1.82, 2.24) is 4.90 Å². The summed E-state index contributed by atoms with van der Waals surface area (Å²) in [6.45, 7) is 4.09. The third-order valence-electron chi connectivity index (χ3n) is 4.30. The van der Waals surface area contributed by atoms with Crippen molar-refractivity contribution in [3.8, 4) is 6.07 Å². The molecular weight excluding hydrogens is 248 g/mol. The molecule has 106 valence electrons. The zero-order valence-corrected chi connectivity index (χ0v) is 12.3. The molecule has 1 aliphatic rings. The fraction of sp³-hybridized carbons (Fsp3) is 0.529. The van der Waals surface area contributed by atoms with E-state index in [0.29, 0.717) is 0 Å². The lowest BCUT2D eigenvalue weighted by atomic mass is 9.82. The Morgan fingerprint density at radius 1 is 1.30 bits per heavy atom. The second kappa shape index (κ2) is 6.09. The lowest BCUT2D eigenvalue weighted by Gasteiger charge is -2.34. The molecular formula is C17H22N2O. The molecule has 0 atom stereocenters. The summed E-state index contributed by atoms with van der Waals surface area (Å²) in [4.78, 5) is 14.7. The molecule has 1 amide bonds. The minimum absolute atomic E-state index is 0.0668. The Kier molecular flexibility index (Phi) is 4.44. The average Bonchev–Trinajstić information content (AvgIpc) is 2.99. The molecule has 1 fully saturated rings. The van der Waals surface area contributed by atoms with Gasteiger partial charge in [-0.2, -0.15) is 5.26 Å². The number of hydrogen-bond acceptors (Lipinski definition) is 2. The number of nitrogens with zero attached hydrogens (tertiary/aromatic N) is 2. The number of carbonyl (C=O) groups excluding carboxylic acids is 1. The van der Waals surface area contributed by atoms with Gasteiger partial charge in [-0.3, -0.25) is 4.79 Å². The van der Waals surface area contributed by atoms with Crippen LogP contribution in [0.15, 0.2) is 30.3 Å². The Morgan fingerprint density at radius 2 is 1.90 bits per heavy atom. The maximum Gasteiger partial charge on any atom is 0.233 e. The number of benzene rings is 1. The summed E-state index contributed by atoms with van der Waals surface area (Å²) in [7, 11) is 0. The fourth-order valence-electron chi connectivity index (χ4n) is 3.00. The molecule has 1 aromatic carbocycles. The minimum atomic E-state index is -0.583. The molecule has 20 heavy (non-hydrogen) atoms. The van der Waals surface area contributed by atoms with Crippen molar-refractivity contribution in [1.29, 1.82) is 5.26 Å². The number of nitriles is 1. The molecule has 0 aromatic heterocycles. The predicted octanol–water partition coefficient (Wildman–Crippen LogP) is 3.26. The third kappa shape index (κ3) is 2.85. The Hall–Kier alpha value is -1.82. The zero-order valence-electron chi connectivity index (χ0n) is 12.3. The van der Waals surface area contributed by atoms with E-state index in [2.05, 4.69) is 6.07 Å². The number of amides is 1. The molecule has 0 N–H and O–H groups in total. The monoisotopic (exact) mass is 270 g/mol. The quantitative estimate of drug-likeness (QED) is 0.788. The van der Waals surface area contributed by atoms with Crippen molar-refractivity contribution in [2.24, 2.45) is 0 Å². The van der Waals surface area contributed by atoms with E-state index in [9.17, 15) is 4.79 Å². The average molecular weight is 270 g/mol. The molecule has 3 nitrogen and oxygen atoms in total. The van der Waals surface area contributed by atoms with Crippen molar-refractivity contribution < 1.29 is 4.79 Å². The lowest BCUT2D eigenvalue weighted by molar-refractivity contribution is -0.137. The Labute approximate surface area is 121 Å². The predicted molar refractivity (Wildman–Crippen MR) is 79.1 cm³/mol. The number of rotatable bonds is 4. The van der Waals surface area contributed by atoms with Crippen molar-refractivity contribution >= 4 is 5.91 Å². The molecule has 0 bridgehead atoms. The van der Waals surface area contributed by atoms with Crippen molar-refractivity contribution in [3.63, 3.8) is 0 Å². The van der Waals surface area contributed by atoms with Crippen LogP contribution in [0, 0.1) is 11.3 Å². The van der Waals surface area contributed by atoms with Gasteiger partial charge in [-0.05, 0) is 32.3 Å². The van der Waals surface area contributed by atoms with Crippen LogP contribution in [0.2, 0.25) is 0 Å². The van der Waals surface area contributed by atoms with E-state index in [-0.39, 0.29) is 18.5 Å². The van der Waals surface area contributed by atoms with Crippen LogP contribution < -0.4 is 0 Å². The van der Waals surface area contributed by atoms with Gasteiger partial charge < -0.3 is 4.90 Å². The largest absolute Gasteiger partial charge is 0.326 e. The second-order valence-corrected chi connectivity index (χ2v) is 6.02. The first-order valence-corrected chi connectivity index (χ1v) is 7.31. The van der Waals surface area contributed by atoms with Gasteiger partial charge in [0.25, 0.3) is 0 Å². The van der Waals surface area contributed by atoms with E-state index >= 15 is 0 Å². The first kappa shape index (κ1) is 14.6. The van der Waals surface area contributed by atoms with E-state index in [0.717, 1.165) is 31.2 Å². The Bertz CT molecular complexity index is 495. The second-order valence-electron chi connectivity index (χ2n) is 6.02. The first-order valence-electron chi connectivity index (χ1n) is 7.31. The molecule has 1 aromatic rings. The maximum atomic E-state index is 12.9. The molecule has 0 heterocycles. The van der Waals surface area contributed by atoms with Crippen LogP contribution in [0.3, 0.4) is 0 Å². The van der Waals surface area contributed by atoms with Crippen LogP contribution in [0.5, 0.6) is 0 Å². The Morgan fingerprint density at radius 3 is 2.45 bits per heavy atom. The van der Waals surface area contributed by atoms with Gasteiger partial charge in [0.15, 0.2) is 0 Å². The van der Waals surface area contributed by atoms with Crippen LogP contribution in [0.25, 0.3) is 0 Å². The number of carbonyl (C=O) groups is 1. The zero-order chi connectivity index (χ0) is 14.6. The van der Waals surface area contributed by atoms with E-state index < -0.39 is 5.41 Å². The number of hydrogen-bond donors (Lipinski definition) is 0. The van der Waals surface area contributed by atoms with Gasteiger partial charge in [-0.25, -0.2) is 0 Å². The minimum Gasteiger partial charge on any atom is -0.326 e. The van der Waals surface area contributed by atoms with Gasteiger partial charge in [-0.1, -0.05) is 43.2 Å². The molecule has 1 saturated carbocycles. The summed E-state index contributed by atoms with van der Waals surface area (Å²) < 4.78 is 0. The summed E-state index contributed by atoms with van der Waals surface area (Å²) in [6.07, 6.45) is 4.37. The highest BCUT2D eigenvalue weighted by molar-refractivity contribution is 5.87. The van der Waals surface area contributed by atoms with Crippen molar-refractivity contribution in [2.45, 2.75) is 51.0 Å². The summed E-state index contributed by atoms with van der Waals surface area (Å²) in [5.41, 5.74) is 0.423. The van der Waals surface area contributed by atoms with Gasteiger partial charge in [0, 0.05) is 6.04 Å². The van der Waals surface area contributed by atoms with Crippen LogP contribution >= 0.6 is 0 Å². The van der Waals surface area contributed by atoms with E-state index in [1.54, 1.807) is 4.90 Å².